The summed E-state index contributed by atoms with van der Waals surface area (Å²) >= 11 is 0. The van der Waals surface area contributed by atoms with Gasteiger partial charge in [-0.3, -0.25) is 0 Å². The van der Waals surface area contributed by atoms with E-state index in [1.807, 2.05) is 0 Å². The van der Waals surface area contributed by atoms with Gasteiger partial charge in [0.25, 0.3) is 0 Å². The Morgan fingerprint density at radius 1 is 1.37 bits per heavy atom. The maximum absolute atomic E-state index is 11.7. The van der Waals surface area contributed by atoms with E-state index in [4.69, 9.17) is 18.9 Å². The van der Waals surface area contributed by atoms with E-state index in [-0.39, 0.29) is 24.9 Å². The van der Waals surface area contributed by atoms with Crippen molar-refractivity contribution in [1.82, 2.24) is 0 Å². The van der Waals surface area contributed by atoms with Crippen LogP contribution in [0.1, 0.15) is 20.8 Å². The van der Waals surface area contributed by atoms with Crippen molar-refractivity contribution in [2.24, 2.45) is 0 Å². The summed E-state index contributed by atoms with van der Waals surface area (Å²) in [5.74, 6) is 0.419. The van der Waals surface area contributed by atoms with Gasteiger partial charge in [-0.2, -0.15) is 0 Å². The average Bonchev–Trinajstić information content (AvgIpc) is 2.76. The number of hydrogen-bond acceptors (Lipinski definition) is 6. The molecule has 0 radical (unpaired) electrons. The number of benzene rings is 1. The standard InChI is InChI=1S/C13H16O6/c1-4-16-12(15)13(2,3)19-9-6-11-10(5-8(9)14)17-7-18-11/h5-6,14H,4,7H2,1-3H3. The van der Waals surface area contributed by atoms with Crippen molar-refractivity contribution in [3.05, 3.63) is 12.1 Å². The Kier molecular flexibility index (Phi) is 3.42. The third-order valence-electron chi connectivity index (χ3n) is 2.59. The number of carbonyl (C=O) groups is 1. The summed E-state index contributed by atoms with van der Waals surface area (Å²) in [4.78, 5) is 11.7. The van der Waals surface area contributed by atoms with Gasteiger partial charge >= 0.3 is 5.97 Å². The number of phenols is 1. The number of hydrogen-bond donors (Lipinski definition) is 1. The van der Waals surface area contributed by atoms with Crippen LogP contribution >= 0.6 is 0 Å². The van der Waals surface area contributed by atoms with Crippen LogP contribution in [0, 0.1) is 0 Å². The first-order chi connectivity index (χ1) is 8.94. The van der Waals surface area contributed by atoms with Crippen LogP contribution in [0.15, 0.2) is 12.1 Å². The minimum atomic E-state index is -1.21. The second-order valence-corrected chi connectivity index (χ2v) is 4.51. The van der Waals surface area contributed by atoms with Gasteiger partial charge in [-0.25, -0.2) is 4.79 Å². The quantitative estimate of drug-likeness (QED) is 0.840. The molecule has 6 nitrogen and oxygen atoms in total. The summed E-state index contributed by atoms with van der Waals surface area (Å²) in [7, 11) is 0. The van der Waals surface area contributed by atoms with E-state index in [0.29, 0.717) is 11.5 Å². The molecule has 0 aliphatic carbocycles. The number of phenolic OH excluding ortho intramolecular Hbond substituents is 1. The lowest BCUT2D eigenvalue weighted by Crippen LogP contribution is -2.39. The molecule has 6 heteroatoms. The van der Waals surface area contributed by atoms with E-state index in [0.717, 1.165) is 0 Å². The van der Waals surface area contributed by atoms with Gasteiger partial charge in [-0.1, -0.05) is 0 Å². The molecule has 19 heavy (non-hydrogen) atoms. The smallest absolute Gasteiger partial charge is 0.349 e. The molecule has 1 aromatic rings. The van der Waals surface area contributed by atoms with Crippen LogP contribution in [0.3, 0.4) is 0 Å². The summed E-state index contributed by atoms with van der Waals surface area (Å²) < 4.78 is 20.7. The van der Waals surface area contributed by atoms with Crippen molar-refractivity contribution in [2.45, 2.75) is 26.4 Å². The van der Waals surface area contributed by atoms with Crippen LogP contribution < -0.4 is 14.2 Å². The molecule has 1 heterocycles. The van der Waals surface area contributed by atoms with E-state index >= 15 is 0 Å². The highest BCUT2D eigenvalue weighted by atomic mass is 16.7. The molecule has 1 N–H and O–H groups in total. The molecule has 0 saturated heterocycles. The van der Waals surface area contributed by atoms with Gasteiger partial charge in [-0.15, -0.1) is 0 Å². The number of aromatic hydroxyl groups is 1. The summed E-state index contributed by atoms with van der Waals surface area (Å²) in [6.07, 6.45) is 0. The Morgan fingerprint density at radius 3 is 2.63 bits per heavy atom. The van der Waals surface area contributed by atoms with Crippen molar-refractivity contribution in [2.75, 3.05) is 13.4 Å². The van der Waals surface area contributed by atoms with Crippen LogP contribution in [0.5, 0.6) is 23.0 Å². The molecule has 0 unspecified atom stereocenters. The number of fused-ring (bicyclic) bond motifs is 1. The summed E-state index contributed by atoms with van der Waals surface area (Å²) in [5.41, 5.74) is -1.21. The molecule has 104 valence electrons. The van der Waals surface area contributed by atoms with E-state index < -0.39 is 11.6 Å². The van der Waals surface area contributed by atoms with Gasteiger partial charge in [0.2, 0.25) is 6.79 Å². The second kappa shape index (κ2) is 4.87. The molecular formula is C13H16O6. The van der Waals surface area contributed by atoms with Crippen LogP contribution in [0.4, 0.5) is 0 Å². The minimum Gasteiger partial charge on any atom is -0.504 e. The zero-order chi connectivity index (χ0) is 14.0. The first kappa shape index (κ1) is 13.3. The summed E-state index contributed by atoms with van der Waals surface area (Å²) in [6, 6.07) is 2.87. The molecule has 2 rings (SSSR count). The molecule has 1 aliphatic rings. The Hall–Kier alpha value is -2.11. The molecule has 0 aromatic heterocycles. The van der Waals surface area contributed by atoms with Gasteiger partial charge in [0.1, 0.15) is 0 Å². The summed E-state index contributed by atoms with van der Waals surface area (Å²) in [6.45, 7) is 5.20. The van der Waals surface area contributed by atoms with E-state index in [2.05, 4.69) is 0 Å². The van der Waals surface area contributed by atoms with E-state index in [1.165, 1.54) is 12.1 Å². The Labute approximate surface area is 110 Å². The van der Waals surface area contributed by atoms with E-state index in [1.54, 1.807) is 20.8 Å². The zero-order valence-corrected chi connectivity index (χ0v) is 11.1. The lowest BCUT2D eigenvalue weighted by atomic mass is 10.1. The number of esters is 1. The topological polar surface area (TPSA) is 74.2 Å². The largest absolute Gasteiger partial charge is 0.504 e. The molecule has 0 atom stereocenters. The van der Waals surface area contributed by atoms with Gasteiger partial charge in [-0.05, 0) is 20.8 Å². The first-order valence-electron chi connectivity index (χ1n) is 5.93. The number of ether oxygens (including phenoxy) is 4. The molecule has 1 aromatic carbocycles. The highest BCUT2D eigenvalue weighted by Crippen LogP contribution is 2.42. The van der Waals surface area contributed by atoms with Crippen LogP contribution in [0.25, 0.3) is 0 Å². The number of rotatable bonds is 4. The minimum absolute atomic E-state index is 0.0967. The van der Waals surface area contributed by atoms with Crippen LogP contribution in [-0.4, -0.2) is 30.1 Å². The fourth-order valence-electron chi connectivity index (χ4n) is 1.62. The Morgan fingerprint density at radius 2 is 2.00 bits per heavy atom. The SMILES string of the molecule is CCOC(=O)C(C)(C)Oc1cc2c(cc1O)OCO2. The van der Waals surface area contributed by atoms with Gasteiger partial charge < -0.3 is 24.1 Å². The molecule has 0 bridgehead atoms. The van der Waals surface area contributed by atoms with Crippen LogP contribution in [-0.2, 0) is 9.53 Å². The second-order valence-electron chi connectivity index (χ2n) is 4.51. The molecule has 0 saturated carbocycles. The highest BCUT2D eigenvalue weighted by Gasteiger charge is 2.33. The highest BCUT2D eigenvalue weighted by molar-refractivity contribution is 5.79. The summed E-state index contributed by atoms with van der Waals surface area (Å²) in [5, 5.41) is 9.84. The lowest BCUT2D eigenvalue weighted by molar-refractivity contribution is -0.158. The number of carbonyl (C=O) groups excluding carboxylic acids is 1. The van der Waals surface area contributed by atoms with Gasteiger partial charge in [0.15, 0.2) is 28.6 Å². The van der Waals surface area contributed by atoms with Crippen molar-refractivity contribution in [1.29, 1.82) is 0 Å². The molecule has 1 aliphatic heterocycles. The third-order valence-corrected chi connectivity index (χ3v) is 2.59. The monoisotopic (exact) mass is 268 g/mol. The predicted octanol–water partition coefficient (Wildman–Crippen LogP) is 1.84. The maximum Gasteiger partial charge on any atom is 0.349 e. The zero-order valence-electron chi connectivity index (χ0n) is 11.1. The molecule has 0 spiro atoms. The third kappa shape index (κ3) is 2.67. The van der Waals surface area contributed by atoms with Crippen molar-refractivity contribution in [3.8, 4) is 23.0 Å². The fraction of sp³-hybridized carbons (Fsp3) is 0.462. The van der Waals surface area contributed by atoms with Crippen molar-refractivity contribution >= 4 is 5.97 Å². The van der Waals surface area contributed by atoms with Gasteiger partial charge in [0.05, 0.1) is 6.61 Å². The van der Waals surface area contributed by atoms with E-state index in [9.17, 15) is 9.90 Å². The maximum atomic E-state index is 11.7. The lowest BCUT2D eigenvalue weighted by Gasteiger charge is -2.24. The predicted molar refractivity (Wildman–Crippen MR) is 65.6 cm³/mol. The molecular weight excluding hydrogens is 252 g/mol. The van der Waals surface area contributed by atoms with Crippen molar-refractivity contribution in [3.63, 3.8) is 0 Å². The molecule has 0 amide bonds. The Bertz CT molecular complexity index is 494. The normalized spacial score (nSPS) is 13.2. The fourth-order valence-corrected chi connectivity index (χ4v) is 1.62. The Balaban J connectivity index is 2.21. The first-order valence-corrected chi connectivity index (χ1v) is 5.93. The van der Waals surface area contributed by atoms with Crippen molar-refractivity contribution < 1.29 is 28.8 Å². The molecule has 0 fully saturated rings. The van der Waals surface area contributed by atoms with Gasteiger partial charge in [0, 0.05) is 12.1 Å². The average molecular weight is 268 g/mol. The van der Waals surface area contributed by atoms with Crippen LogP contribution in [0.2, 0.25) is 0 Å².